The Morgan fingerprint density at radius 1 is 1.57 bits per heavy atom. The SMILES string of the molecule is C=C(OC)c1ccc(N=O)c(O)c1C. The molecule has 14 heavy (non-hydrogen) atoms. The lowest BCUT2D eigenvalue weighted by Gasteiger charge is -2.09. The van der Waals surface area contributed by atoms with Gasteiger partial charge in [0.1, 0.15) is 17.2 Å². The first-order valence-electron chi connectivity index (χ1n) is 4.01. The third-order valence-corrected chi connectivity index (χ3v) is 2.05. The van der Waals surface area contributed by atoms with Crippen molar-refractivity contribution in [3.05, 3.63) is 34.7 Å². The van der Waals surface area contributed by atoms with Gasteiger partial charge in [-0.15, -0.1) is 4.91 Å². The Kier molecular flexibility index (Phi) is 2.86. The first kappa shape index (κ1) is 10.2. The molecule has 0 spiro atoms. The molecule has 1 aromatic carbocycles. The van der Waals surface area contributed by atoms with Crippen LogP contribution >= 0.6 is 0 Å². The number of hydrogen-bond donors (Lipinski definition) is 1. The van der Waals surface area contributed by atoms with Crippen LogP contribution in [0.3, 0.4) is 0 Å². The standard InChI is InChI=1S/C10H11NO3/c1-6-8(7(2)14-3)4-5-9(11-13)10(6)12/h4-5,12H,2H2,1,3H3. The van der Waals surface area contributed by atoms with Crippen LogP contribution in [-0.4, -0.2) is 12.2 Å². The Labute approximate surface area is 81.8 Å². The molecule has 0 heterocycles. The van der Waals surface area contributed by atoms with Gasteiger partial charge in [-0.25, -0.2) is 0 Å². The first-order valence-corrected chi connectivity index (χ1v) is 4.01. The predicted octanol–water partition coefficient (Wildman–Crippen LogP) is 2.72. The number of ether oxygens (including phenoxy) is 1. The molecule has 0 aliphatic carbocycles. The van der Waals surface area contributed by atoms with Crippen molar-refractivity contribution in [2.24, 2.45) is 5.18 Å². The zero-order chi connectivity index (χ0) is 10.7. The van der Waals surface area contributed by atoms with Crippen molar-refractivity contribution in [3.8, 4) is 5.75 Å². The van der Waals surface area contributed by atoms with Crippen molar-refractivity contribution >= 4 is 11.4 Å². The van der Waals surface area contributed by atoms with E-state index in [1.165, 1.54) is 13.2 Å². The Balaban J connectivity index is 3.30. The number of rotatable bonds is 3. The van der Waals surface area contributed by atoms with Gasteiger partial charge in [0.05, 0.1) is 7.11 Å². The number of nitrogens with zero attached hydrogens (tertiary/aromatic N) is 1. The van der Waals surface area contributed by atoms with E-state index in [0.29, 0.717) is 16.9 Å². The Morgan fingerprint density at radius 2 is 2.21 bits per heavy atom. The van der Waals surface area contributed by atoms with E-state index in [4.69, 9.17) is 4.74 Å². The predicted molar refractivity (Wildman–Crippen MR) is 54.3 cm³/mol. The molecular weight excluding hydrogens is 182 g/mol. The van der Waals surface area contributed by atoms with Gasteiger partial charge in [-0.2, -0.15) is 0 Å². The molecule has 0 radical (unpaired) electrons. The molecule has 4 heteroatoms. The highest BCUT2D eigenvalue weighted by molar-refractivity contribution is 5.69. The average molecular weight is 193 g/mol. The number of benzene rings is 1. The van der Waals surface area contributed by atoms with Crippen LogP contribution in [0, 0.1) is 11.8 Å². The third kappa shape index (κ3) is 1.59. The number of nitroso groups, excluding NO2 is 1. The summed E-state index contributed by atoms with van der Waals surface area (Å²) in [6.45, 7) is 5.33. The number of phenolic OH excluding ortho intramolecular Hbond substituents is 1. The fourth-order valence-corrected chi connectivity index (χ4v) is 1.17. The summed E-state index contributed by atoms with van der Waals surface area (Å²) in [6.07, 6.45) is 0. The molecule has 0 atom stereocenters. The molecule has 4 nitrogen and oxygen atoms in total. The van der Waals surface area contributed by atoms with Crippen LogP contribution in [-0.2, 0) is 4.74 Å². The lowest BCUT2D eigenvalue weighted by atomic mass is 10.1. The van der Waals surface area contributed by atoms with Gasteiger partial charge in [0.2, 0.25) is 0 Å². The van der Waals surface area contributed by atoms with Gasteiger partial charge in [0.25, 0.3) is 0 Å². The summed E-state index contributed by atoms with van der Waals surface area (Å²) in [5.74, 6) is 0.311. The van der Waals surface area contributed by atoms with Gasteiger partial charge in [0, 0.05) is 11.1 Å². The number of methoxy groups -OCH3 is 1. The molecule has 1 rings (SSSR count). The second-order valence-electron chi connectivity index (χ2n) is 2.82. The summed E-state index contributed by atoms with van der Waals surface area (Å²) >= 11 is 0. The second kappa shape index (κ2) is 3.91. The summed E-state index contributed by atoms with van der Waals surface area (Å²) < 4.78 is 4.93. The van der Waals surface area contributed by atoms with Crippen LogP contribution in [0.5, 0.6) is 5.75 Å². The highest BCUT2D eigenvalue weighted by Crippen LogP contribution is 2.34. The maximum Gasteiger partial charge on any atom is 0.149 e. The molecule has 1 aromatic rings. The zero-order valence-electron chi connectivity index (χ0n) is 8.07. The minimum Gasteiger partial charge on any atom is -0.505 e. The quantitative estimate of drug-likeness (QED) is 0.593. The highest BCUT2D eigenvalue weighted by Gasteiger charge is 2.11. The lowest BCUT2D eigenvalue weighted by Crippen LogP contribution is -1.90. The minimum absolute atomic E-state index is 0.0233. The smallest absolute Gasteiger partial charge is 0.149 e. The monoisotopic (exact) mass is 193 g/mol. The lowest BCUT2D eigenvalue weighted by molar-refractivity contribution is 0.370. The van der Waals surface area contributed by atoms with E-state index in [1.54, 1.807) is 13.0 Å². The molecule has 0 saturated carbocycles. The van der Waals surface area contributed by atoms with Crippen molar-refractivity contribution in [1.29, 1.82) is 0 Å². The maximum absolute atomic E-state index is 10.3. The Bertz CT molecular complexity index is 385. The van der Waals surface area contributed by atoms with Gasteiger partial charge in [0.15, 0.2) is 0 Å². The molecule has 0 aliphatic rings. The van der Waals surface area contributed by atoms with E-state index in [2.05, 4.69) is 11.8 Å². The molecular formula is C10H11NO3. The molecule has 0 aliphatic heterocycles. The fourth-order valence-electron chi connectivity index (χ4n) is 1.17. The van der Waals surface area contributed by atoms with Crippen LogP contribution in [0.25, 0.3) is 5.76 Å². The molecule has 0 saturated heterocycles. The molecule has 74 valence electrons. The largest absolute Gasteiger partial charge is 0.505 e. The van der Waals surface area contributed by atoms with E-state index in [1.807, 2.05) is 0 Å². The van der Waals surface area contributed by atoms with Crippen LogP contribution < -0.4 is 0 Å². The molecule has 0 amide bonds. The van der Waals surface area contributed by atoms with E-state index < -0.39 is 0 Å². The molecule has 0 bridgehead atoms. The zero-order valence-corrected chi connectivity index (χ0v) is 8.07. The average Bonchev–Trinajstić information content (AvgIpc) is 2.21. The van der Waals surface area contributed by atoms with Crippen molar-refractivity contribution in [1.82, 2.24) is 0 Å². The van der Waals surface area contributed by atoms with Gasteiger partial charge in [-0.05, 0) is 24.2 Å². The maximum atomic E-state index is 10.3. The van der Waals surface area contributed by atoms with Crippen LogP contribution in [0.2, 0.25) is 0 Å². The number of hydrogen-bond acceptors (Lipinski definition) is 4. The van der Waals surface area contributed by atoms with Crippen molar-refractivity contribution in [3.63, 3.8) is 0 Å². The van der Waals surface area contributed by atoms with Gasteiger partial charge in [-0.3, -0.25) is 0 Å². The van der Waals surface area contributed by atoms with Crippen LogP contribution in [0.4, 0.5) is 5.69 Å². The molecule has 0 fully saturated rings. The third-order valence-electron chi connectivity index (χ3n) is 2.05. The number of aromatic hydroxyl groups is 1. The summed E-state index contributed by atoms with van der Waals surface area (Å²) in [5.41, 5.74) is 1.22. The fraction of sp³-hybridized carbons (Fsp3) is 0.200. The topological polar surface area (TPSA) is 58.9 Å². The van der Waals surface area contributed by atoms with Crippen LogP contribution in [0.1, 0.15) is 11.1 Å². The molecule has 0 unspecified atom stereocenters. The minimum atomic E-state index is -0.129. The van der Waals surface area contributed by atoms with E-state index >= 15 is 0 Å². The Hall–Kier alpha value is -1.84. The van der Waals surface area contributed by atoms with Crippen molar-refractivity contribution in [2.45, 2.75) is 6.92 Å². The molecule has 0 aromatic heterocycles. The van der Waals surface area contributed by atoms with E-state index in [0.717, 1.165) is 0 Å². The summed E-state index contributed by atoms with van der Waals surface area (Å²) in [4.78, 5) is 10.3. The number of phenols is 1. The van der Waals surface area contributed by atoms with Crippen LogP contribution in [0.15, 0.2) is 23.9 Å². The molecule has 1 N–H and O–H groups in total. The van der Waals surface area contributed by atoms with Crippen molar-refractivity contribution < 1.29 is 9.84 Å². The van der Waals surface area contributed by atoms with Gasteiger partial charge in [-0.1, -0.05) is 6.58 Å². The summed E-state index contributed by atoms with van der Waals surface area (Å²) in [6, 6.07) is 3.06. The summed E-state index contributed by atoms with van der Waals surface area (Å²) in [5, 5.41) is 12.2. The van der Waals surface area contributed by atoms with E-state index in [-0.39, 0.29) is 11.4 Å². The Morgan fingerprint density at radius 3 is 2.71 bits per heavy atom. The summed E-state index contributed by atoms with van der Waals surface area (Å²) in [7, 11) is 1.49. The van der Waals surface area contributed by atoms with Crippen molar-refractivity contribution in [2.75, 3.05) is 7.11 Å². The second-order valence-corrected chi connectivity index (χ2v) is 2.82. The highest BCUT2D eigenvalue weighted by atomic mass is 16.5. The van der Waals surface area contributed by atoms with Gasteiger partial charge < -0.3 is 9.84 Å². The van der Waals surface area contributed by atoms with Gasteiger partial charge >= 0.3 is 0 Å². The normalized spacial score (nSPS) is 9.57. The first-order chi connectivity index (χ1) is 6.61. The van der Waals surface area contributed by atoms with E-state index in [9.17, 15) is 10.0 Å².